The van der Waals surface area contributed by atoms with E-state index < -0.39 is 0 Å². The van der Waals surface area contributed by atoms with Crippen molar-refractivity contribution in [1.82, 2.24) is 0 Å². The molecular formula is C5H6O. The Balaban J connectivity index is 2.22. The first-order chi connectivity index (χ1) is 2.93. The molecule has 0 aromatic carbocycles. The summed E-state index contributed by atoms with van der Waals surface area (Å²) >= 11 is 0. The Morgan fingerprint density at radius 2 is 2.50 bits per heavy atom. The van der Waals surface area contributed by atoms with Gasteiger partial charge in [0.25, 0.3) is 0 Å². The first kappa shape index (κ1) is 3.70. The van der Waals surface area contributed by atoms with Crippen molar-refractivity contribution in [3.05, 3.63) is 0 Å². The minimum absolute atomic E-state index is 0.144. The molecule has 0 aromatic heterocycles. The van der Waals surface area contributed by atoms with E-state index in [-0.39, 0.29) is 6.10 Å². The monoisotopic (exact) mass is 82.0 g/mol. The summed E-state index contributed by atoms with van der Waals surface area (Å²) < 4.78 is 4.84. The Hall–Kier alpha value is -0.480. The van der Waals surface area contributed by atoms with Gasteiger partial charge in [0.15, 0.2) is 0 Å². The van der Waals surface area contributed by atoms with E-state index >= 15 is 0 Å². The van der Waals surface area contributed by atoms with Crippen molar-refractivity contribution >= 4 is 0 Å². The summed E-state index contributed by atoms with van der Waals surface area (Å²) in [5.41, 5.74) is 0. The molecule has 1 nitrogen and oxygen atoms in total. The number of hydrogen-bond donors (Lipinski definition) is 0. The molecule has 1 heterocycles. The molecule has 0 aliphatic carbocycles. The molecule has 1 aliphatic rings. The molecule has 0 spiro atoms. The van der Waals surface area contributed by atoms with Gasteiger partial charge in [0, 0.05) is 6.42 Å². The Bertz CT molecular complexity index is 76.4. The van der Waals surface area contributed by atoms with Gasteiger partial charge in [-0.25, -0.2) is 0 Å². The molecule has 0 saturated carbocycles. The first-order valence-corrected chi connectivity index (χ1v) is 2.01. The Morgan fingerprint density at radius 1 is 1.83 bits per heavy atom. The van der Waals surface area contributed by atoms with Crippen LogP contribution in [0.5, 0.6) is 0 Å². The van der Waals surface area contributed by atoms with E-state index in [9.17, 15) is 0 Å². The van der Waals surface area contributed by atoms with Crippen molar-refractivity contribution in [1.29, 1.82) is 0 Å². The highest BCUT2D eigenvalue weighted by Gasteiger charge is 2.12. The van der Waals surface area contributed by atoms with Gasteiger partial charge in [0.05, 0.1) is 6.61 Å². The summed E-state index contributed by atoms with van der Waals surface area (Å²) in [4.78, 5) is 0. The standard InChI is InChI=1S/C5H6O/c1-2-5-3-4-6-5/h1,5H,3-4H2. The number of terminal acetylenes is 1. The Labute approximate surface area is 37.3 Å². The van der Waals surface area contributed by atoms with Crippen LogP contribution < -0.4 is 0 Å². The molecule has 1 unspecified atom stereocenters. The van der Waals surface area contributed by atoms with Crippen molar-refractivity contribution in [2.45, 2.75) is 12.5 Å². The molecule has 0 radical (unpaired) electrons. The maximum absolute atomic E-state index is 4.96. The number of rotatable bonds is 0. The summed E-state index contributed by atoms with van der Waals surface area (Å²) in [6.45, 7) is 0.856. The smallest absolute Gasteiger partial charge is 0.120 e. The maximum atomic E-state index is 4.96. The van der Waals surface area contributed by atoms with Crippen molar-refractivity contribution in [2.75, 3.05) is 6.61 Å². The van der Waals surface area contributed by atoms with E-state index in [2.05, 4.69) is 5.92 Å². The second kappa shape index (κ2) is 1.32. The SMILES string of the molecule is C#CC1CCO1. The van der Waals surface area contributed by atoms with Crippen LogP contribution in [0.3, 0.4) is 0 Å². The molecular weight excluding hydrogens is 76.1 g/mol. The van der Waals surface area contributed by atoms with Crippen LogP contribution in [-0.2, 0) is 4.74 Å². The molecule has 6 heavy (non-hydrogen) atoms. The van der Waals surface area contributed by atoms with Gasteiger partial charge in [-0.05, 0) is 0 Å². The molecule has 1 fully saturated rings. The zero-order valence-corrected chi connectivity index (χ0v) is 3.48. The normalized spacial score (nSPS) is 30.8. The Kier molecular flexibility index (Phi) is 0.813. The molecule has 0 bridgehead atoms. The predicted octanol–water partition coefficient (Wildman–Crippen LogP) is 0.408. The predicted molar refractivity (Wildman–Crippen MR) is 23.2 cm³/mol. The van der Waals surface area contributed by atoms with Crippen LogP contribution in [0.2, 0.25) is 0 Å². The van der Waals surface area contributed by atoms with Gasteiger partial charge in [-0.1, -0.05) is 5.92 Å². The van der Waals surface area contributed by atoms with E-state index in [1.807, 2.05) is 0 Å². The average molecular weight is 82.1 g/mol. The van der Waals surface area contributed by atoms with Crippen LogP contribution in [0, 0.1) is 12.3 Å². The van der Waals surface area contributed by atoms with Crippen molar-refractivity contribution in [3.8, 4) is 12.3 Å². The highest BCUT2D eigenvalue weighted by molar-refractivity contribution is 4.97. The molecule has 1 heteroatoms. The van der Waals surface area contributed by atoms with Crippen LogP contribution in [0.15, 0.2) is 0 Å². The van der Waals surface area contributed by atoms with Crippen LogP contribution in [0.4, 0.5) is 0 Å². The molecule has 1 rings (SSSR count). The summed E-state index contributed by atoms with van der Waals surface area (Å²) in [6.07, 6.45) is 6.15. The average Bonchev–Trinajstić information content (AvgIpc) is 1.31. The summed E-state index contributed by atoms with van der Waals surface area (Å²) in [7, 11) is 0. The van der Waals surface area contributed by atoms with Crippen LogP contribution in [0.25, 0.3) is 0 Å². The van der Waals surface area contributed by atoms with Crippen molar-refractivity contribution in [2.24, 2.45) is 0 Å². The molecule has 0 N–H and O–H groups in total. The van der Waals surface area contributed by atoms with Gasteiger partial charge >= 0.3 is 0 Å². The van der Waals surface area contributed by atoms with Gasteiger partial charge < -0.3 is 4.74 Å². The lowest BCUT2D eigenvalue weighted by Crippen LogP contribution is -2.24. The van der Waals surface area contributed by atoms with Gasteiger partial charge in [-0.15, -0.1) is 6.42 Å². The van der Waals surface area contributed by atoms with Crippen LogP contribution in [0.1, 0.15) is 6.42 Å². The maximum Gasteiger partial charge on any atom is 0.120 e. The number of hydrogen-bond acceptors (Lipinski definition) is 1. The van der Waals surface area contributed by atoms with Crippen LogP contribution >= 0.6 is 0 Å². The van der Waals surface area contributed by atoms with E-state index in [1.165, 1.54) is 0 Å². The molecule has 1 aliphatic heterocycles. The fourth-order valence-electron chi connectivity index (χ4n) is 0.367. The highest BCUT2D eigenvalue weighted by Crippen LogP contribution is 2.07. The lowest BCUT2D eigenvalue weighted by atomic mass is 10.2. The minimum atomic E-state index is 0.144. The van der Waals surface area contributed by atoms with Gasteiger partial charge in [-0.2, -0.15) is 0 Å². The topological polar surface area (TPSA) is 9.23 Å². The highest BCUT2D eigenvalue weighted by atomic mass is 16.5. The second-order valence-electron chi connectivity index (χ2n) is 1.31. The second-order valence-corrected chi connectivity index (χ2v) is 1.31. The lowest BCUT2D eigenvalue weighted by molar-refractivity contribution is -0.0121. The quantitative estimate of drug-likeness (QED) is 0.384. The summed E-state index contributed by atoms with van der Waals surface area (Å²) in [5.74, 6) is 2.48. The zero-order valence-electron chi connectivity index (χ0n) is 3.48. The third-order valence-electron chi connectivity index (χ3n) is 0.885. The molecule has 32 valence electrons. The van der Waals surface area contributed by atoms with Crippen LogP contribution in [-0.4, -0.2) is 12.7 Å². The van der Waals surface area contributed by atoms with E-state index in [0.29, 0.717) is 0 Å². The Morgan fingerprint density at radius 3 is 2.50 bits per heavy atom. The van der Waals surface area contributed by atoms with Crippen molar-refractivity contribution < 1.29 is 4.74 Å². The molecule has 0 aromatic rings. The van der Waals surface area contributed by atoms with E-state index in [1.54, 1.807) is 0 Å². The van der Waals surface area contributed by atoms with Crippen molar-refractivity contribution in [3.63, 3.8) is 0 Å². The van der Waals surface area contributed by atoms with Gasteiger partial charge in [-0.3, -0.25) is 0 Å². The number of ether oxygens (including phenoxy) is 1. The molecule has 0 amide bonds. The fourth-order valence-corrected chi connectivity index (χ4v) is 0.367. The minimum Gasteiger partial charge on any atom is -0.365 e. The largest absolute Gasteiger partial charge is 0.365 e. The molecule has 1 saturated heterocycles. The first-order valence-electron chi connectivity index (χ1n) is 2.01. The van der Waals surface area contributed by atoms with E-state index in [0.717, 1.165) is 13.0 Å². The summed E-state index contributed by atoms with van der Waals surface area (Å²) in [6, 6.07) is 0. The third-order valence-corrected chi connectivity index (χ3v) is 0.885. The third kappa shape index (κ3) is 0.395. The van der Waals surface area contributed by atoms with E-state index in [4.69, 9.17) is 11.2 Å². The summed E-state index contributed by atoms with van der Waals surface area (Å²) in [5, 5.41) is 0. The molecule has 1 atom stereocenters. The van der Waals surface area contributed by atoms with Gasteiger partial charge in [0.1, 0.15) is 6.10 Å². The zero-order chi connectivity index (χ0) is 4.41. The van der Waals surface area contributed by atoms with Gasteiger partial charge in [0.2, 0.25) is 0 Å². The lowest BCUT2D eigenvalue weighted by Gasteiger charge is -2.19. The fraction of sp³-hybridized carbons (Fsp3) is 0.600.